The van der Waals surface area contributed by atoms with Crippen molar-refractivity contribution in [1.82, 2.24) is 30.0 Å². The molecule has 3 rings (SSSR count). The van der Waals surface area contributed by atoms with Gasteiger partial charge in [-0.1, -0.05) is 29.5 Å². The number of alkyl halides is 1. The van der Waals surface area contributed by atoms with E-state index in [0.717, 1.165) is 17.5 Å². The molecule has 0 aliphatic heterocycles. The zero-order valence-corrected chi connectivity index (χ0v) is 14.5. The third kappa shape index (κ3) is 3.26. The lowest BCUT2D eigenvalue weighted by Gasteiger charge is -2.26. The molecule has 1 fully saturated rings. The van der Waals surface area contributed by atoms with E-state index in [2.05, 4.69) is 25.9 Å². The molecule has 2 unspecified atom stereocenters. The maximum atomic E-state index is 14.4. The molecule has 1 saturated carbocycles. The van der Waals surface area contributed by atoms with Crippen LogP contribution in [0.3, 0.4) is 0 Å². The van der Waals surface area contributed by atoms with E-state index in [9.17, 15) is 14.0 Å². The van der Waals surface area contributed by atoms with Crippen LogP contribution in [0.4, 0.5) is 10.3 Å². The van der Waals surface area contributed by atoms with Gasteiger partial charge in [0, 0.05) is 25.6 Å². The van der Waals surface area contributed by atoms with Gasteiger partial charge in [0.2, 0.25) is 5.95 Å². The summed E-state index contributed by atoms with van der Waals surface area (Å²) < 4.78 is 16.6. The maximum absolute atomic E-state index is 14.4. The average Bonchev–Trinajstić information content (AvgIpc) is 2.97. The van der Waals surface area contributed by atoms with Gasteiger partial charge >= 0.3 is 0 Å². The van der Waals surface area contributed by atoms with Crippen molar-refractivity contribution in [3.8, 4) is 0 Å². The molecule has 134 valence electrons. The monoisotopic (exact) mass is 369 g/mol. The van der Waals surface area contributed by atoms with E-state index in [1.54, 1.807) is 7.05 Å². The van der Waals surface area contributed by atoms with Gasteiger partial charge in [0.1, 0.15) is 6.17 Å². The molecular formula is C14H17ClFN7O2. The van der Waals surface area contributed by atoms with Gasteiger partial charge in [-0.3, -0.25) is 14.9 Å². The second-order valence-electron chi connectivity index (χ2n) is 5.99. The van der Waals surface area contributed by atoms with Crippen LogP contribution in [0.15, 0.2) is 4.79 Å². The fourth-order valence-corrected chi connectivity index (χ4v) is 3.35. The number of carbonyl (C=O) groups is 1. The molecule has 1 aliphatic carbocycles. The summed E-state index contributed by atoms with van der Waals surface area (Å²) in [6.45, 7) is 0. The highest BCUT2D eigenvalue weighted by atomic mass is 35.5. The van der Waals surface area contributed by atoms with E-state index in [-0.39, 0.29) is 22.2 Å². The van der Waals surface area contributed by atoms with Gasteiger partial charge in [-0.15, -0.1) is 0 Å². The SMILES string of the molecule is Cn1nnnc1NC(=O)c1nn(C)c(=O)c(C2CCCCC2F)c1Cl. The molecule has 9 nitrogen and oxygen atoms in total. The fraction of sp³-hybridized carbons (Fsp3) is 0.571. The Morgan fingerprint density at radius 1 is 1.28 bits per heavy atom. The van der Waals surface area contributed by atoms with Crippen molar-refractivity contribution < 1.29 is 9.18 Å². The normalized spacial score (nSPS) is 20.5. The Hall–Kier alpha value is -2.36. The molecule has 2 aromatic rings. The average molecular weight is 370 g/mol. The van der Waals surface area contributed by atoms with Crippen molar-refractivity contribution in [3.63, 3.8) is 0 Å². The van der Waals surface area contributed by atoms with E-state index >= 15 is 0 Å². The molecule has 0 bridgehead atoms. The highest BCUT2D eigenvalue weighted by Gasteiger charge is 2.33. The highest BCUT2D eigenvalue weighted by molar-refractivity contribution is 6.34. The van der Waals surface area contributed by atoms with Crippen LogP contribution in [0.1, 0.15) is 47.7 Å². The van der Waals surface area contributed by atoms with E-state index in [1.807, 2.05) is 0 Å². The van der Waals surface area contributed by atoms with Crippen LogP contribution in [0, 0.1) is 0 Å². The number of hydrogen-bond donors (Lipinski definition) is 1. The Morgan fingerprint density at radius 2 is 2.00 bits per heavy atom. The van der Waals surface area contributed by atoms with Gasteiger partial charge in [-0.2, -0.15) is 5.10 Å². The first kappa shape index (κ1) is 17.5. The summed E-state index contributed by atoms with van der Waals surface area (Å²) in [5, 5.41) is 16.9. The molecule has 0 spiro atoms. The molecule has 1 aliphatic rings. The third-order valence-corrected chi connectivity index (χ3v) is 4.71. The zero-order chi connectivity index (χ0) is 18.1. The van der Waals surface area contributed by atoms with E-state index < -0.39 is 23.6 Å². The largest absolute Gasteiger partial charge is 0.288 e. The number of aryl methyl sites for hydroxylation is 2. The van der Waals surface area contributed by atoms with Crippen LogP contribution >= 0.6 is 11.6 Å². The first-order valence-corrected chi connectivity index (χ1v) is 8.22. The van der Waals surface area contributed by atoms with Crippen molar-refractivity contribution in [2.24, 2.45) is 14.1 Å². The Labute approximate surface area is 147 Å². The number of halogens is 2. The lowest BCUT2D eigenvalue weighted by molar-refractivity contribution is 0.101. The first-order chi connectivity index (χ1) is 11.9. The Balaban J connectivity index is 2.02. The molecule has 1 amide bonds. The zero-order valence-electron chi connectivity index (χ0n) is 13.7. The van der Waals surface area contributed by atoms with Crippen molar-refractivity contribution >= 4 is 23.5 Å². The fourth-order valence-electron chi connectivity index (χ4n) is 3.01. The molecule has 2 heterocycles. The summed E-state index contributed by atoms with van der Waals surface area (Å²) in [5.41, 5.74) is -0.552. The number of amides is 1. The second-order valence-corrected chi connectivity index (χ2v) is 6.37. The molecule has 0 saturated heterocycles. The number of tetrazole rings is 1. The minimum Gasteiger partial charge on any atom is -0.288 e. The summed E-state index contributed by atoms with van der Waals surface area (Å²) in [5.74, 6) is -1.21. The van der Waals surface area contributed by atoms with Crippen molar-refractivity contribution in [2.45, 2.75) is 37.8 Å². The summed E-state index contributed by atoms with van der Waals surface area (Å²) in [4.78, 5) is 25.0. The second kappa shape index (κ2) is 6.87. The number of carbonyl (C=O) groups excluding carboxylic acids is 1. The van der Waals surface area contributed by atoms with E-state index in [1.165, 1.54) is 11.7 Å². The van der Waals surface area contributed by atoms with Gasteiger partial charge < -0.3 is 0 Å². The van der Waals surface area contributed by atoms with Crippen LogP contribution in [-0.2, 0) is 14.1 Å². The standard InChI is InChI=1S/C14H17ClFN7O2/c1-22-13(25)9(7-5-3-4-6-8(7)16)10(15)11(19-22)12(24)17-14-18-20-21-23(14)2/h7-8H,3-6H2,1-2H3,(H,17,18,21,24). The van der Waals surface area contributed by atoms with Gasteiger partial charge in [-0.25, -0.2) is 13.8 Å². The minimum atomic E-state index is -1.17. The first-order valence-electron chi connectivity index (χ1n) is 7.84. The molecule has 11 heteroatoms. The Bertz CT molecular complexity index is 865. The number of hydrogen-bond acceptors (Lipinski definition) is 6. The van der Waals surface area contributed by atoms with Crippen LogP contribution in [0.2, 0.25) is 5.02 Å². The molecule has 2 aromatic heterocycles. The quantitative estimate of drug-likeness (QED) is 0.871. The minimum absolute atomic E-state index is 0.0966. The number of nitrogens with one attached hydrogen (secondary N) is 1. The van der Waals surface area contributed by atoms with E-state index in [0.29, 0.717) is 12.8 Å². The smallest absolute Gasteiger partial charge is 0.280 e. The predicted molar refractivity (Wildman–Crippen MR) is 87.3 cm³/mol. The number of nitrogens with zero attached hydrogens (tertiary/aromatic N) is 6. The summed E-state index contributed by atoms with van der Waals surface area (Å²) >= 11 is 6.30. The van der Waals surface area contributed by atoms with Gasteiger partial charge in [0.05, 0.1) is 5.02 Å². The van der Waals surface area contributed by atoms with Gasteiger partial charge in [0.15, 0.2) is 5.69 Å². The highest BCUT2D eigenvalue weighted by Crippen LogP contribution is 2.37. The van der Waals surface area contributed by atoms with E-state index in [4.69, 9.17) is 11.6 Å². The molecule has 0 aromatic carbocycles. The van der Waals surface area contributed by atoms with Crippen LogP contribution in [-0.4, -0.2) is 42.1 Å². The summed E-state index contributed by atoms with van der Waals surface area (Å²) in [7, 11) is 2.95. The molecule has 0 radical (unpaired) electrons. The number of aromatic nitrogens is 6. The number of rotatable bonds is 3. The molecule has 2 atom stereocenters. The van der Waals surface area contributed by atoms with Crippen molar-refractivity contribution in [1.29, 1.82) is 0 Å². The lowest BCUT2D eigenvalue weighted by atomic mass is 9.83. The van der Waals surface area contributed by atoms with Crippen LogP contribution < -0.4 is 10.9 Å². The lowest BCUT2D eigenvalue weighted by Crippen LogP contribution is -2.33. The molecular weight excluding hydrogens is 353 g/mol. The van der Waals surface area contributed by atoms with Crippen molar-refractivity contribution in [2.75, 3.05) is 5.32 Å². The number of anilines is 1. The summed E-state index contributed by atoms with van der Waals surface area (Å²) in [6.07, 6.45) is 1.29. The molecule has 25 heavy (non-hydrogen) atoms. The maximum Gasteiger partial charge on any atom is 0.280 e. The van der Waals surface area contributed by atoms with Crippen molar-refractivity contribution in [3.05, 3.63) is 26.6 Å². The Kier molecular flexibility index (Phi) is 4.80. The molecule has 1 N–H and O–H groups in total. The van der Waals surface area contributed by atoms with Gasteiger partial charge in [0.25, 0.3) is 11.5 Å². The van der Waals surface area contributed by atoms with Crippen LogP contribution in [0.25, 0.3) is 0 Å². The summed E-state index contributed by atoms with van der Waals surface area (Å²) in [6, 6.07) is 0. The van der Waals surface area contributed by atoms with Gasteiger partial charge in [-0.05, 0) is 23.3 Å². The topological polar surface area (TPSA) is 108 Å². The van der Waals surface area contributed by atoms with Crippen LogP contribution in [0.5, 0.6) is 0 Å². The third-order valence-electron chi connectivity index (χ3n) is 4.33. The predicted octanol–water partition coefficient (Wildman–Crippen LogP) is 1.21. The Morgan fingerprint density at radius 3 is 2.64 bits per heavy atom.